The number of halogens is 2. The molecule has 0 atom stereocenters. The number of aryl methyl sites for hydroxylation is 1. The predicted octanol–water partition coefficient (Wildman–Crippen LogP) is 3.45. The number of hydrogen-bond acceptors (Lipinski definition) is 3. The van der Waals surface area contributed by atoms with Gasteiger partial charge in [-0.3, -0.25) is 4.79 Å². The summed E-state index contributed by atoms with van der Waals surface area (Å²) in [7, 11) is 0. The third-order valence-corrected chi connectivity index (χ3v) is 2.56. The lowest BCUT2D eigenvalue weighted by Gasteiger charge is -2.11. The van der Waals surface area contributed by atoms with E-state index in [1.54, 1.807) is 24.3 Å². The second kappa shape index (κ2) is 6.70. The van der Waals surface area contributed by atoms with Gasteiger partial charge in [-0.15, -0.1) is 0 Å². The van der Waals surface area contributed by atoms with Crippen LogP contribution in [0.15, 0.2) is 47.1 Å². The quantitative estimate of drug-likeness (QED) is 0.882. The van der Waals surface area contributed by atoms with Crippen molar-refractivity contribution in [2.75, 3.05) is 5.32 Å². The van der Waals surface area contributed by atoms with Crippen LogP contribution in [0.4, 0.5) is 14.5 Å². The Kier molecular flexibility index (Phi) is 4.70. The second-order valence-corrected chi connectivity index (χ2v) is 4.00. The van der Waals surface area contributed by atoms with Crippen molar-refractivity contribution >= 4 is 11.6 Å². The average molecular weight is 281 g/mol. The first-order valence-corrected chi connectivity index (χ1v) is 6.01. The molecule has 1 aromatic carbocycles. The number of benzene rings is 1. The van der Waals surface area contributed by atoms with Crippen LogP contribution in [-0.4, -0.2) is 12.5 Å². The zero-order valence-corrected chi connectivity index (χ0v) is 10.5. The monoisotopic (exact) mass is 281 g/mol. The third-order valence-electron chi connectivity index (χ3n) is 2.56. The van der Waals surface area contributed by atoms with Crippen LogP contribution < -0.4 is 10.1 Å². The summed E-state index contributed by atoms with van der Waals surface area (Å²) in [5, 5.41) is 2.54. The minimum absolute atomic E-state index is 0.0613. The van der Waals surface area contributed by atoms with Crippen molar-refractivity contribution in [1.29, 1.82) is 0 Å². The van der Waals surface area contributed by atoms with E-state index in [1.807, 2.05) is 0 Å². The molecule has 2 aromatic rings. The zero-order valence-electron chi connectivity index (χ0n) is 10.5. The number of anilines is 1. The Morgan fingerprint density at radius 1 is 1.25 bits per heavy atom. The topological polar surface area (TPSA) is 51.5 Å². The highest BCUT2D eigenvalue weighted by Crippen LogP contribution is 2.25. The standard InChI is InChI=1S/C14H13F2NO3/c15-14(16)20-12-6-2-1-5-11(12)17-13(18)8-7-10-4-3-9-19-10/h1-6,9,14H,7-8H2,(H,17,18). The van der Waals surface area contributed by atoms with Gasteiger partial charge in [-0.05, 0) is 24.3 Å². The molecule has 0 spiro atoms. The molecule has 2 rings (SSSR count). The predicted molar refractivity (Wildman–Crippen MR) is 68.7 cm³/mol. The van der Waals surface area contributed by atoms with Crippen molar-refractivity contribution in [2.24, 2.45) is 0 Å². The first-order chi connectivity index (χ1) is 9.65. The molecule has 0 aliphatic carbocycles. The van der Waals surface area contributed by atoms with Gasteiger partial charge in [0.2, 0.25) is 5.91 Å². The highest BCUT2D eigenvalue weighted by Gasteiger charge is 2.11. The molecule has 1 N–H and O–H groups in total. The van der Waals surface area contributed by atoms with Crippen molar-refractivity contribution in [1.82, 2.24) is 0 Å². The van der Waals surface area contributed by atoms with Crippen molar-refractivity contribution in [3.8, 4) is 5.75 Å². The van der Waals surface area contributed by atoms with E-state index in [1.165, 1.54) is 18.4 Å². The summed E-state index contributed by atoms with van der Waals surface area (Å²) in [5.74, 6) is 0.331. The highest BCUT2D eigenvalue weighted by molar-refractivity contribution is 5.92. The molecule has 1 aromatic heterocycles. The Labute approximate surface area is 114 Å². The Balaban J connectivity index is 1.93. The number of ether oxygens (including phenoxy) is 1. The number of carbonyl (C=O) groups excluding carboxylic acids is 1. The summed E-state index contributed by atoms with van der Waals surface area (Å²) in [5.41, 5.74) is 0.220. The van der Waals surface area contributed by atoms with Crippen molar-refractivity contribution < 1.29 is 22.7 Å². The van der Waals surface area contributed by atoms with Crippen LogP contribution in [-0.2, 0) is 11.2 Å². The lowest BCUT2D eigenvalue weighted by molar-refractivity contribution is -0.116. The van der Waals surface area contributed by atoms with E-state index >= 15 is 0 Å². The molecule has 0 unspecified atom stereocenters. The number of nitrogens with one attached hydrogen (secondary N) is 1. The van der Waals surface area contributed by atoms with Crippen LogP contribution in [0.25, 0.3) is 0 Å². The molecule has 6 heteroatoms. The van der Waals surface area contributed by atoms with Gasteiger partial charge >= 0.3 is 6.61 Å². The Bertz CT molecular complexity index is 555. The first-order valence-electron chi connectivity index (χ1n) is 6.01. The molecule has 0 aliphatic rings. The average Bonchev–Trinajstić information content (AvgIpc) is 2.91. The van der Waals surface area contributed by atoms with E-state index in [-0.39, 0.29) is 23.8 Å². The fourth-order valence-electron chi connectivity index (χ4n) is 1.67. The first kappa shape index (κ1) is 14.0. The molecule has 20 heavy (non-hydrogen) atoms. The van der Waals surface area contributed by atoms with E-state index in [0.29, 0.717) is 12.2 Å². The number of para-hydroxylation sites is 2. The second-order valence-electron chi connectivity index (χ2n) is 4.00. The molecular formula is C14H13F2NO3. The van der Waals surface area contributed by atoms with Gasteiger partial charge in [-0.1, -0.05) is 12.1 Å². The lowest BCUT2D eigenvalue weighted by Crippen LogP contribution is -2.14. The van der Waals surface area contributed by atoms with E-state index in [4.69, 9.17) is 4.42 Å². The largest absolute Gasteiger partial charge is 0.469 e. The molecule has 1 amide bonds. The summed E-state index contributed by atoms with van der Waals surface area (Å²) in [6, 6.07) is 9.55. The maximum absolute atomic E-state index is 12.2. The molecule has 0 fully saturated rings. The van der Waals surface area contributed by atoms with Gasteiger partial charge in [0.1, 0.15) is 11.5 Å². The van der Waals surface area contributed by atoms with Crippen molar-refractivity contribution in [2.45, 2.75) is 19.5 Å². The Morgan fingerprint density at radius 2 is 2.05 bits per heavy atom. The van der Waals surface area contributed by atoms with E-state index < -0.39 is 6.61 Å². The van der Waals surface area contributed by atoms with Crippen LogP contribution in [0.1, 0.15) is 12.2 Å². The molecule has 0 aliphatic heterocycles. The van der Waals surface area contributed by atoms with Gasteiger partial charge in [0.25, 0.3) is 0 Å². The molecule has 0 saturated heterocycles. The molecular weight excluding hydrogens is 268 g/mol. The summed E-state index contributed by atoms with van der Waals surface area (Å²) in [6.45, 7) is -2.93. The number of hydrogen-bond donors (Lipinski definition) is 1. The van der Waals surface area contributed by atoms with E-state index in [0.717, 1.165) is 0 Å². The molecule has 4 nitrogen and oxygen atoms in total. The summed E-state index contributed by atoms with van der Waals surface area (Å²) in [6.07, 6.45) is 2.16. The van der Waals surface area contributed by atoms with Crippen LogP contribution in [0, 0.1) is 0 Å². The molecule has 106 valence electrons. The Hall–Kier alpha value is -2.37. The van der Waals surface area contributed by atoms with Crippen molar-refractivity contribution in [3.63, 3.8) is 0 Å². The molecule has 1 heterocycles. The smallest absolute Gasteiger partial charge is 0.387 e. The number of rotatable bonds is 6. The van der Waals surface area contributed by atoms with Gasteiger partial charge in [0.05, 0.1) is 12.0 Å². The third kappa shape index (κ3) is 4.08. The maximum Gasteiger partial charge on any atom is 0.387 e. The number of carbonyl (C=O) groups is 1. The van der Waals surface area contributed by atoms with Gasteiger partial charge in [-0.2, -0.15) is 8.78 Å². The van der Waals surface area contributed by atoms with Crippen LogP contribution in [0.3, 0.4) is 0 Å². The maximum atomic E-state index is 12.2. The highest BCUT2D eigenvalue weighted by atomic mass is 19.3. The minimum atomic E-state index is -2.93. The molecule has 0 bridgehead atoms. The van der Waals surface area contributed by atoms with Gasteiger partial charge in [0, 0.05) is 12.8 Å². The SMILES string of the molecule is O=C(CCc1ccco1)Nc1ccccc1OC(F)F. The summed E-state index contributed by atoms with van der Waals surface area (Å²) < 4.78 is 33.9. The number of amides is 1. The summed E-state index contributed by atoms with van der Waals surface area (Å²) in [4.78, 5) is 11.7. The molecule has 0 radical (unpaired) electrons. The normalized spacial score (nSPS) is 10.6. The van der Waals surface area contributed by atoms with Gasteiger partial charge in [-0.25, -0.2) is 0 Å². The summed E-state index contributed by atoms with van der Waals surface area (Å²) >= 11 is 0. The number of furan rings is 1. The molecule has 0 saturated carbocycles. The van der Waals surface area contributed by atoms with E-state index in [2.05, 4.69) is 10.1 Å². The van der Waals surface area contributed by atoms with Gasteiger partial charge < -0.3 is 14.5 Å². The fraction of sp³-hybridized carbons (Fsp3) is 0.214. The van der Waals surface area contributed by atoms with E-state index in [9.17, 15) is 13.6 Å². The van der Waals surface area contributed by atoms with Crippen LogP contribution >= 0.6 is 0 Å². The van der Waals surface area contributed by atoms with Gasteiger partial charge in [0.15, 0.2) is 0 Å². The minimum Gasteiger partial charge on any atom is -0.469 e. The van der Waals surface area contributed by atoms with Crippen molar-refractivity contribution in [3.05, 3.63) is 48.4 Å². The van der Waals surface area contributed by atoms with Crippen LogP contribution in [0.2, 0.25) is 0 Å². The zero-order chi connectivity index (χ0) is 14.4. The lowest BCUT2D eigenvalue weighted by atomic mass is 10.2. The fourth-order valence-corrected chi connectivity index (χ4v) is 1.67. The van der Waals surface area contributed by atoms with Crippen LogP contribution in [0.5, 0.6) is 5.75 Å². The number of alkyl halides is 2. The Morgan fingerprint density at radius 3 is 2.75 bits per heavy atom.